The molecule has 1 aromatic carbocycles. The van der Waals surface area contributed by atoms with Crippen molar-refractivity contribution in [2.45, 2.75) is 13.0 Å². The van der Waals surface area contributed by atoms with Crippen molar-refractivity contribution in [3.63, 3.8) is 0 Å². The zero-order valence-electron chi connectivity index (χ0n) is 16.1. The number of nitriles is 1. The number of carbonyl (C=O) groups is 1. The minimum Gasteiger partial charge on any atom is -0.336 e. The Kier molecular flexibility index (Phi) is 5.10. The number of amides is 1. The van der Waals surface area contributed by atoms with Crippen LogP contribution < -0.4 is 5.56 Å². The summed E-state index contributed by atoms with van der Waals surface area (Å²) in [6.07, 6.45) is 3.03. The van der Waals surface area contributed by atoms with E-state index in [9.17, 15) is 9.59 Å². The number of pyridine rings is 2. The van der Waals surface area contributed by atoms with Crippen molar-refractivity contribution in [1.82, 2.24) is 19.8 Å². The normalized spacial score (nSPS) is 15.8. The molecule has 1 aliphatic heterocycles. The Balaban J connectivity index is 1.49. The van der Waals surface area contributed by atoms with Gasteiger partial charge >= 0.3 is 0 Å². The van der Waals surface area contributed by atoms with E-state index in [4.69, 9.17) is 5.26 Å². The molecule has 0 bridgehead atoms. The quantitative estimate of drug-likeness (QED) is 0.744. The molecule has 7 nitrogen and oxygen atoms in total. The first-order chi connectivity index (χ1) is 14.1. The Morgan fingerprint density at radius 1 is 1.21 bits per heavy atom. The predicted octanol–water partition coefficient (Wildman–Crippen LogP) is 2.31. The Morgan fingerprint density at radius 3 is 2.76 bits per heavy atom. The first-order valence-corrected chi connectivity index (χ1v) is 9.58. The molecule has 3 heterocycles. The smallest absolute Gasteiger partial charge is 0.274 e. The van der Waals surface area contributed by atoms with E-state index < -0.39 is 0 Å². The van der Waals surface area contributed by atoms with E-state index in [2.05, 4.69) is 27.9 Å². The second kappa shape index (κ2) is 7.86. The summed E-state index contributed by atoms with van der Waals surface area (Å²) in [5, 5.41) is 9.69. The molecule has 1 atom stereocenters. The van der Waals surface area contributed by atoms with Gasteiger partial charge in [-0.2, -0.15) is 5.26 Å². The van der Waals surface area contributed by atoms with Gasteiger partial charge in [0.15, 0.2) is 0 Å². The zero-order valence-corrected chi connectivity index (χ0v) is 16.1. The molecule has 29 heavy (non-hydrogen) atoms. The largest absolute Gasteiger partial charge is 0.336 e. The van der Waals surface area contributed by atoms with Crippen LogP contribution in [0.5, 0.6) is 0 Å². The number of rotatable bonds is 3. The Morgan fingerprint density at radius 2 is 2.00 bits per heavy atom. The molecule has 1 fully saturated rings. The van der Waals surface area contributed by atoms with Crippen LogP contribution in [0.15, 0.2) is 53.6 Å². The highest BCUT2D eigenvalue weighted by Crippen LogP contribution is 2.23. The van der Waals surface area contributed by atoms with Gasteiger partial charge in [0, 0.05) is 50.0 Å². The number of H-pyrrole nitrogens is 1. The third-order valence-electron chi connectivity index (χ3n) is 5.54. The van der Waals surface area contributed by atoms with Gasteiger partial charge in [-0.1, -0.05) is 18.2 Å². The van der Waals surface area contributed by atoms with E-state index in [0.29, 0.717) is 29.6 Å². The Hall–Kier alpha value is -3.50. The van der Waals surface area contributed by atoms with Crippen molar-refractivity contribution in [3.8, 4) is 6.07 Å². The van der Waals surface area contributed by atoms with Gasteiger partial charge in [0.1, 0.15) is 5.52 Å². The van der Waals surface area contributed by atoms with E-state index in [1.807, 2.05) is 23.1 Å². The van der Waals surface area contributed by atoms with Crippen molar-refractivity contribution < 1.29 is 4.79 Å². The number of hydrogen-bond donors (Lipinski definition) is 1. The monoisotopic (exact) mass is 387 g/mol. The number of nitrogens with zero attached hydrogens (tertiary/aromatic N) is 4. The minimum atomic E-state index is -0.296. The van der Waals surface area contributed by atoms with Crippen molar-refractivity contribution in [1.29, 1.82) is 5.26 Å². The second-order valence-electron chi connectivity index (χ2n) is 7.17. The van der Waals surface area contributed by atoms with Crippen LogP contribution in [0.25, 0.3) is 10.9 Å². The van der Waals surface area contributed by atoms with Crippen LogP contribution in [-0.4, -0.2) is 51.9 Å². The maximum Gasteiger partial charge on any atom is 0.274 e. The summed E-state index contributed by atoms with van der Waals surface area (Å²) in [4.78, 5) is 35.9. The molecule has 3 aromatic rings. The van der Waals surface area contributed by atoms with Gasteiger partial charge in [-0.15, -0.1) is 0 Å². The van der Waals surface area contributed by atoms with Gasteiger partial charge in [0.25, 0.3) is 11.5 Å². The third kappa shape index (κ3) is 3.62. The lowest BCUT2D eigenvalue weighted by Gasteiger charge is -2.38. The average molecular weight is 387 g/mol. The molecule has 1 unspecified atom stereocenters. The number of aromatic amines is 1. The van der Waals surface area contributed by atoms with Crippen molar-refractivity contribution in [2.24, 2.45) is 0 Å². The lowest BCUT2D eigenvalue weighted by Crippen LogP contribution is -2.49. The predicted molar refractivity (Wildman–Crippen MR) is 109 cm³/mol. The summed E-state index contributed by atoms with van der Waals surface area (Å²) in [5.74, 6) is -0.0990. The molecule has 1 amide bonds. The van der Waals surface area contributed by atoms with Crippen molar-refractivity contribution >= 4 is 16.8 Å². The van der Waals surface area contributed by atoms with Crippen LogP contribution in [0.4, 0.5) is 0 Å². The molecule has 2 aromatic heterocycles. The summed E-state index contributed by atoms with van der Waals surface area (Å²) in [5.41, 5.74) is 2.21. The number of aromatic nitrogens is 2. The standard InChI is InChI=1S/C22H21N5O2/c1-15(17-5-2-4-16(12-17)13-23)26-8-10-27(11-9-26)22(29)19-14-25-21(28)20-18(19)6-3-7-24-20/h2-7,12,14-15H,8-11H2,1H3,(H,25,28). The summed E-state index contributed by atoms with van der Waals surface area (Å²) >= 11 is 0. The second-order valence-corrected chi connectivity index (χ2v) is 7.17. The van der Waals surface area contributed by atoms with Gasteiger partial charge in [0.2, 0.25) is 0 Å². The van der Waals surface area contributed by atoms with E-state index in [1.165, 1.54) is 6.20 Å². The van der Waals surface area contributed by atoms with Gasteiger partial charge in [-0.25, -0.2) is 0 Å². The van der Waals surface area contributed by atoms with E-state index >= 15 is 0 Å². The number of carbonyl (C=O) groups excluding carboxylic acids is 1. The number of benzene rings is 1. The molecule has 1 N–H and O–H groups in total. The van der Waals surface area contributed by atoms with Gasteiger partial charge in [-0.3, -0.25) is 19.5 Å². The van der Waals surface area contributed by atoms with Crippen molar-refractivity contribution in [3.05, 3.63) is 75.8 Å². The summed E-state index contributed by atoms with van der Waals surface area (Å²) in [6.45, 7) is 4.80. The highest BCUT2D eigenvalue weighted by Gasteiger charge is 2.26. The maximum atomic E-state index is 13.1. The summed E-state index contributed by atoms with van der Waals surface area (Å²) in [7, 11) is 0. The average Bonchev–Trinajstić information content (AvgIpc) is 2.79. The fraction of sp³-hybridized carbons (Fsp3) is 0.273. The fourth-order valence-electron chi connectivity index (χ4n) is 3.83. The molecule has 146 valence electrons. The molecule has 7 heteroatoms. The van der Waals surface area contributed by atoms with E-state index in [0.717, 1.165) is 18.7 Å². The molecular weight excluding hydrogens is 366 g/mol. The molecule has 0 radical (unpaired) electrons. The number of fused-ring (bicyclic) bond motifs is 1. The molecule has 4 rings (SSSR count). The van der Waals surface area contributed by atoms with Gasteiger partial charge < -0.3 is 9.88 Å². The number of piperazine rings is 1. The number of hydrogen-bond acceptors (Lipinski definition) is 5. The topological polar surface area (TPSA) is 93.1 Å². The SMILES string of the molecule is CC(c1cccc(C#N)c1)N1CCN(C(=O)c2c[nH]c(=O)c3ncccc23)CC1. The Bertz CT molecular complexity index is 1160. The number of nitrogens with one attached hydrogen (secondary N) is 1. The highest BCUT2D eigenvalue weighted by atomic mass is 16.2. The first-order valence-electron chi connectivity index (χ1n) is 9.58. The van der Waals surface area contributed by atoms with Crippen LogP contribution in [0, 0.1) is 11.3 Å². The van der Waals surface area contributed by atoms with E-state index in [-0.39, 0.29) is 23.0 Å². The van der Waals surface area contributed by atoms with Crippen LogP contribution in [-0.2, 0) is 0 Å². The lowest BCUT2D eigenvalue weighted by molar-refractivity contribution is 0.0583. The molecule has 0 aliphatic carbocycles. The van der Waals surface area contributed by atoms with Crippen LogP contribution in [0.2, 0.25) is 0 Å². The highest BCUT2D eigenvalue weighted by molar-refractivity contribution is 6.05. The molecule has 0 spiro atoms. The van der Waals surface area contributed by atoms with E-state index in [1.54, 1.807) is 24.4 Å². The maximum absolute atomic E-state index is 13.1. The molecule has 1 aliphatic rings. The third-order valence-corrected chi connectivity index (χ3v) is 5.54. The molecule has 1 saturated heterocycles. The van der Waals surface area contributed by atoms with Crippen molar-refractivity contribution in [2.75, 3.05) is 26.2 Å². The first kappa shape index (κ1) is 18.8. The van der Waals surface area contributed by atoms with Gasteiger partial charge in [-0.05, 0) is 30.7 Å². The summed E-state index contributed by atoms with van der Waals surface area (Å²) < 4.78 is 0. The van der Waals surface area contributed by atoms with Crippen LogP contribution in [0.1, 0.15) is 34.5 Å². The van der Waals surface area contributed by atoms with Crippen LogP contribution >= 0.6 is 0 Å². The Labute approximate surface area is 168 Å². The molecular formula is C22H21N5O2. The molecule has 0 saturated carbocycles. The zero-order chi connectivity index (χ0) is 20.4. The van der Waals surface area contributed by atoms with Gasteiger partial charge in [0.05, 0.1) is 17.2 Å². The summed E-state index contributed by atoms with van der Waals surface area (Å²) in [6, 6.07) is 13.5. The minimum absolute atomic E-state index is 0.0990. The van der Waals surface area contributed by atoms with Crippen LogP contribution in [0.3, 0.4) is 0 Å². The lowest BCUT2D eigenvalue weighted by atomic mass is 10.0. The fourth-order valence-corrected chi connectivity index (χ4v) is 3.83.